The molecule has 1 fully saturated rings. The number of carbonyl (C=O) groups is 3. The van der Waals surface area contributed by atoms with Gasteiger partial charge in [0, 0.05) is 30.3 Å². The molecule has 2 aromatic rings. The summed E-state index contributed by atoms with van der Waals surface area (Å²) < 4.78 is 38.0. The fourth-order valence-corrected chi connectivity index (χ4v) is 5.31. The number of benzene rings is 2. The van der Waals surface area contributed by atoms with Crippen LogP contribution in [0.4, 0.5) is 5.69 Å². The minimum Gasteiger partial charge on any atom is -0.465 e. The molecule has 34 heavy (non-hydrogen) atoms. The number of carbonyl (C=O) groups excluding carboxylic acids is 3. The number of fused-ring (bicyclic) bond motifs is 1. The van der Waals surface area contributed by atoms with Crippen molar-refractivity contribution in [1.29, 1.82) is 0 Å². The van der Waals surface area contributed by atoms with E-state index in [1.165, 1.54) is 38.5 Å². The average Bonchev–Trinajstić information content (AvgIpc) is 3.13. The zero-order valence-electron chi connectivity index (χ0n) is 18.6. The zero-order chi connectivity index (χ0) is 24.5. The predicted molar refractivity (Wildman–Crippen MR) is 122 cm³/mol. The zero-order valence-corrected chi connectivity index (χ0v) is 19.4. The van der Waals surface area contributed by atoms with E-state index in [-0.39, 0.29) is 33.5 Å². The Kier molecular flexibility index (Phi) is 6.38. The molecule has 0 aromatic heterocycles. The van der Waals surface area contributed by atoms with Crippen molar-refractivity contribution in [1.82, 2.24) is 4.90 Å². The van der Waals surface area contributed by atoms with Gasteiger partial charge >= 0.3 is 11.9 Å². The molecule has 2 aromatic carbocycles. The van der Waals surface area contributed by atoms with Gasteiger partial charge in [0.05, 0.1) is 25.3 Å². The van der Waals surface area contributed by atoms with E-state index >= 15 is 0 Å². The Morgan fingerprint density at radius 1 is 0.971 bits per heavy atom. The third-order valence-corrected chi connectivity index (χ3v) is 7.15. The van der Waals surface area contributed by atoms with E-state index in [4.69, 9.17) is 9.47 Å². The molecule has 0 unspecified atom stereocenters. The molecule has 0 saturated carbocycles. The summed E-state index contributed by atoms with van der Waals surface area (Å²) >= 11 is 0. The molecule has 178 valence electrons. The summed E-state index contributed by atoms with van der Waals surface area (Å²) in [5, 5.41) is 2.76. The molecular formula is C23H23N3O7S. The van der Waals surface area contributed by atoms with E-state index < -0.39 is 22.0 Å². The number of anilines is 1. The molecule has 2 heterocycles. The molecule has 0 atom stereocenters. The highest BCUT2D eigenvalue weighted by Gasteiger charge is 2.34. The number of rotatable bonds is 4. The van der Waals surface area contributed by atoms with Gasteiger partial charge in [-0.1, -0.05) is 12.1 Å². The van der Waals surface area contributed by atoms with E-state index in [1.807, 2.05) is 4.90 Å². The summed E-state index contributed by atoms with van der Waals surface area (Å²) in [4.78, 5) is 38.9. The second kappa shape index (κ2) is 9.26. The Balaban J connectivity index is 1.46. The maximum Gasteiger partial charge on any atom is 0.337 e. The smallest absolute Gasteiger partial charge is 0.337 e. The van der Waals surface area contributed by atoms with Gasteiger partial charge in [-0.05, 0) is 43.2 Å². The molecule has 0 radical (unpaired) electrons. The lowest BCUT2D eigenvalue weighted by molar-refractivity contribution is -0.121. The first kappa shape index (κ1) is 23.4. The van der Waals surface area contributed by atoms with Crippen LogP contribution in [0, 0.1) is 5.92 Å². The average molecular weight is 486 g/mol. The lowest BCUT2D eigenvalue weighted by atomic mass is 9.95. The first-order valence-corrected chi connectivity index (χ1v) is 12.0. The number of esters is 2. The molecule has 1 N–H and O–H groups in total. The fourth-order valence-electron chi connectivity index (χ4n) is 4.09. The SMILES string of the molecule is COC(=O)c1cc(NC(=O)C2CCN(C3=NS(=O)(=O)c4ccccc43)CC2)cc(C(=O)OC)c1. The summed E-state index contributed by atoms with van der Waals surface area (Å²) in [5.74, 6) is -1.50. The van der Waals surface area contributed by atoms with Gasteiger partial charge in [0.2, 0.25) is 5.91 Å². The highest BCUT2D eigenvalue weighted by molar-refractivity contribution is 7.90. The minimum absolute atomic E-state index is 0.106. The van der Waals surface area contributed by atoms with Crippen molar-refractivity contribution in [2.45, 2.75) is 17.7 Å². The predicted octanol–water partition coefficient (Wildman–Crippen LogP) is 2.06. The van der Waals surface area contributed by atoms with Crippen LogP contribution in [-0.2, 0) is 24.3 Å². The van der Waals surface area contributed by atoms with Gasteiger partial charge in [-0.25, -0.2) is 9.59 Å². The third kappa shape index (κ3) is 4.51. The van der Waals surface area contributed by atoms with Gasteiger partial charge in [-0.3, -0.25) is 4.79 Å². The monoisotopic (exact) mass is 485 g/mol. The van der Waals surface area contributed by atoms with Crippen LogP contribution in [-0.4, -0.2) is 64.3 Å². The van der Waals surface area contributed by atoms with Gasteiger partial charge in [-0.2, -0.15) is 8.42 Å². The van der Waals surface area contributed by atoms with Gasteiger partial charge in [0.1, 0.15) is 4.90 Å². The van der Waals surface area contributed by atoms with E-state index in [1.54, 1.807) is 18.2 Å². The summed E-state index contributed by atoms with van der Waals surface area (Å²) in [6.45, 7) is 0.909. The molecule has 0 bridgehead atoms. The number of nitrogens with one attached hydrogen (secondary N) is 1. The Hall–Kier alpha value is -3.73. The topological polar surface area (TPSA) is 131 Å². The Morgan fingerprint density at radius 3 is 2.15 bits per heavy atom. The van der Waals surface area contributed by atoms with E-state index in [0.717, 1.165) is 0 Å². The number of hydrogen-bond donors (Lipinski definition) is 1. The first-order valence-electron chi connectivity index (χ1n) is 10.6. The summed E-state index contributed by atoms with van der Waals surface area (Å²) in [6, 6.07) is 10.9. The highest BCUT2D eigenvalue weighted by Crippen LogP contribution is 2.30. The molecule has 2 aliphatic heterocycles. The van der Waals surface area contributed by atoms with E-state index in [9.17, 15) is 22.8 Å². The van der Waals surface area contributed by atoms with Gasteiger partial charge in [0.25, 0.3) is 10.0 Å². The van der Waals surface area contributed by atoms with Gasteiger partial charge in [0.15, 0.2) is 5.84 Å². The molecule has 1 saturated heterocycles. The quantitative estimate of drug-likeness (QED) is 0.651. The summed E-state index contributed by atoms with van der Waals surface area (Å²) in [7, 11) is -1.27. The van der Waals surface area contributed by atoms with E-state index in [0.29, 0.717) is 37.3 Å². The number of hydrogen-bond acceptors (Lipinski definition) is 8. The van der Waals surface area contributed by atoms with Crippen molar-refractivity contribution in [2.75, 3.05) is 32.6 Å². The maximum absolute atomic E-state index is 12.9. The molecule has 2 aliphatic rings. The first-order chi connectivity index (χ1) is 16.2. The molecule has 4 rings (SSSR count). The normalized spacial score (nSPS) is 16.9. The maximum atomic E-state index is 12.9. The van der Waals surface area contributed by atoms with Crippen LogP contribution >= 0.6 is 0 Å². The van der Waals surface area contributed by atoms with E-state index in [2.05, 4.69) is 9.71 Å². The molecule has 0 spiro atoms. The molecule has 10 nitrogen and oxygen atoms in total. The Bertz CT molecular complexity index is 1260. The minimum atomic E-state index is -3.71. The number of piperidine rings is 1. The number of methoxy groups -OCH3 is 2. The molecule has 1 amide bonds. The van der Waals surface area contributed by atoms with Crippen molar-refractivity contribution in [3.63, 3.8) is 0 Å². The van der Waals surface area contributed by atoms with Crippen LogP contribution in [0.1, 0.15) is 39.1 Å². The fraction of sp³-hybridized carbons (Fsp3) is 0.304. The molecular weight excluding hydrogens is 462 g/mol. The molecule has 0 aliphatic carbocycles. The largest absolute Gasteiger partial charge is 0.465 e. The van der Waals surface area contributed by atoms with Gasteiger partial charge < -0.3 is 19.7 Å². The standard InChI is InChI=1S/C23H23N3O7S/c1-32-22(28)15-11-16(23(29)33-2)13-17(12-15)24-21(27)14-7-9-26(10-8-14)20-18-5-3-4-6-19(18)34(30,31)25-20/h3-6,11-14H,7-10H2,1-2H3,(H,24,27). The second-order valence-corrected chi connectivity index (χ2v) is 9.49. The van der Waals surface area contributed by atoms with Crippen molar-refractivity contribution < 1.29 is 32.3 Å². The summed E-state index contributed by atoms with van der Waals surface area (Å²) in [6.07, 6.45) is 0.960. The number of amides is 1. The third-order valence-electron chi connectivity index (χ3n) is 5.82. The van der Waals surface area contributed by atoms with Crippen LogP contribution in [0.25, 0.3) is 0 Å². The lowest BCUT2D eigenvalue weighted by Gasteiger charge is -2.32. The number of nitrogens with zero attached hydrogens (tertiary/aromatic N) is 2. The van der Waals surface area contributed by atoms with Crippen LogP contribution < -0.4 is 5.32 Å². The van der Waals surface area contributed by atoms with Crippen molar-refractivity contribution in [2.24, 2.45) is 10.3 Å². The molecule has 11 heteroatoms. The Labute approximate surface area is 196 Å². The number of likely N-dealkylation sites (tertiary alicyclic amines) is 1. The van der Waals surface area contributed by atoms with Crippen LogP contribution in [0.3, 0.4) is 0 Å². The lowest BCUT2D eigenvalue weighted by Crippen LogP contribution is -2.41. The number of sulfonamides is 1. The highest BCUT2D eigenvalue weighted by atomic mass is 32.2. The van der Waals surface area contributed by atoms with Crippen LogP contribution in [0.15, 0.2) is 51.8 Å². The van der Waals surface area contributed by atoms with Crippen molar-refractivity contribution in [3.8, 4) is 0 Å². The number of amidine groups is 1. The van der Waals surface area contributed by atoms with Crippen molar-refractivity contribution >= 4 is 39.4 Å². The number of ether oxygens (including phenoxy) is 2. The van der Waals surface area contributed by atoms with Crippen LogP contribution in [0.2, 0.25) is 0 Å². The second-order valence-electron chi connectivity index (χ2n) is 7.92. The van der Waals surface area contributed by atoms with Crippen LogP contribution in [0.5, 0.6) is 0 Å². The van der Waals surface area contributed by atoms with Gasteiger partial charge in [-0.15, -0.1) is 4.40 Å². The summed E-state index contributed by atoms with van der Waals surface area (Å²) in [5.41, 5.74) is 1.06. The Morgan fingerprint density at radius 2 is 1.56 bits per heavy atom. The van der Waals surface area contributed by atoms with Crippen molar-refractivity contribution in [3.05, 3.63) is 59.2 Å².